The molecular formula is C16H22N2O3. The molecule has 21 heavy (non-hydrogen) atoms. The molecule has 0 fully saturated rings. The standard InChI is InChI=1S/C16H22N2O3/c1-3-6-13(16(20)21)17-11(2)15(19)18-10-9-12-7-4-5-8-14(12)18/h4-5,7-8,11,13,17H,3,6,9-10H2,1-2H3,(H,20,21). The molecule has 0 aromatic heterocycles. The number of carboxylic acids is 1. The molecule has 0 radical (unpaired) electrons. The van der Waals surface area contributed by atoms with E-state index >= 15 is 0 Å². The topological polar surface area (TPSA) is 69.6 Å². The summed E-state index contributed by atoms with van der Waals surface area (Å²) >= 11 is 0. The molecule has 0 bridgehead atoms. The first-order valence-electron chi connectivity index (χ1n) is 7.42. The molecule has 0 saturated carbocycles. The van der Waals surface area contributed by atoms with E-state index in [0.29, 0.717) is 13.0 Å². The van der Waals surface area contributed by atoms with Crippen LogP contribution in [0.5, 0.6) is 0 Å². The van der Waals surface area contributed by atoms with Gasteiger partial charge in [-0.05, 0) is 31.4 Å². The van der Waals surface area contributed by atoms with E-state index < -0.39 is 18.1 Å². The third-order valence-electron chi connectivity index (χ3n) is 3.85. The van der Waals surface area contributed by atoms with E-state index in [1.54, 1.807) is 11.8 Å². The number of benzene rings is 1. The molecule has 5 heteroatoms. The summed E-state index contributed by atoms with van der Waals surface area (Å²) in [4.78, 5) is 25.5. The molecule has 1 aliphatic heterocycles. The lowest BCUT2D eigenvalue weighted by molar-refractivity contribution is -0.140. The Kier molecular flexibility index (Phi) is 4.96. The number of anilines is 1. The summed E-state index contributed by atoms with van der Waals surface area (Å²) in [5, 5.41) is 12.1. The number of para-hydroxylation sites is 1. The number of nitrogens with one attached hydrogen (secondary N) is 1. The van der Waals surface area contributed by atoms with Crippen LogP contribution >= 0.6 is 0 Å². The van der Waals surface area contributed by atoms with Gasteiger partial charge in [-0.1, -0.05) is 31.5 Å². The number of amides is 1. The van der Waals surface area contributed by atoms with Gasteiger partial charge in [0, 0.05) is 12.2 Å². The van der Waals surface area contributed by atoms with E-state index in [1.807, 2.05) is 31.2 Å². The summed E-state index contributed by atoms with van der Waals surface area (Å²) < 4.78 is 0. The SMILES string of the molecule is CCCC(NC(C)C(=O)N1CCc2ccccc21)C(=O)O. The number of aliphatic carboxylic acids is 1. The van der Waals surface area contributed by atoms with Gasteiger partial charge in [0.25, 0.3) is 0 Å². The van der Waals surface area contributed by atoms with Crippen molar-refractivity contribution in [2.75, 3.05) is 11.4 Å². The zero-order valence-electron chi connectivity index (χ0n) is 12.5. The van der Waals surface area contributed by atoms with Crippen LogP contribution in [-0.2, 0) is 16.0 Å². The molecule has 0 spiro atoms. The van der Waals surface area contributed by atoms with Crippen LogP contribution < -0.4 is 10.2 Å². The predicted molar refractivity (Wildman–Crippen MR) is 81.4 cm³/mol. The highest BCUT2D eigenvalue weighted by molar-refractivity contribution is 5.99. The Hall–Kier alpha value is -1.88. The van der Waals surface area contributed by atoms with Crippen LogP contribution in [0.1, 0.15) is 32.3 Å². The minimum atomic E-state index is -0.904. The first-order valence-corrected chi connectivity index (χ1v) is 7.42. The second-order valence-corrected chi connectivity index (χ2v) is 5.44. The van der Waals surface area contributed by atoms with Crippen LogP contribution in [0.25, 0.3) is 0 Å². The maximum atomic E-state index is 12.5. The predicted octanol–water partition coefficient (Wildman–Crippen LogP) is 1.81. The monoisotopic (exact) mass is 290 g/mol. The number of hydrogen-bond donors (Lipinski definition) is 2. The van der Waals surface area contributed by atoms with Crippen LogP contribution in [0.2, 0.25) is 0 Å². The highest BCUT2D eigenvalue weighted by Crippen LogP contribution is 2.27. The summed E-state index contributed by atoms with van der Waals surface area (Å²) in [6, 6.07) is 6.66. The molecule has 2 atom stereocenters. The second kappa shape index (κ2) is 6.72. The van der Waals surface area contributed by atoms with E-state index in [2.05, 4.69) is 5.32 Å². The molecule has 5 nitrogen and oxygen atoms in total. The van der Waals surface area contributed by atoms with Gasteiger partial charge in [-0.15, -0.1) is 0 Å². The molecule has 2 unspecified atom stereocenters. The van der Waals surface area contributed by atoms with E-state index in [1.165, 1.54) is 5.56 Å². The average Bonchev–Trinajstić information content (AvgIpc) is 2.89. The zero-order chi connectivity index (χ0) is 15.4. The lowest BCUT2D eigenvalue weighted by Crippen LogP contribution is -2.50. The molecule has 1 aromatic carbocycles. The van der Waals surface area contributed by atoms with Crippen molar-refractivity contribution in [2.45, 2.75) is 45.2 Å². The van der Waals surface area contributed by atoms with Gasteiger partial charge in [-0.3, -0.25) is 14.9 Å². The van der Waals surface area contributed by atoms with Crippen molar-refractivity contribution in [3.8, 4) is 0 Å². The van der Waals surface area contributed by atoms with Crippen LogP contribution in [0, 0.1) is 0 Å². The molecule has 1 aromatic rings. The number of hydrogen-bond acceptors (Lipinski definition) is 3. The van der Waals surface area contributed by atoms with Gasteiger partial charge < -0.3 is 10.0 Å². The van der Waals surface area contributed by atoms with Crippen LogP contribution in [-0.4, -0.2) is 35.6 Å². The Labute approximate surface area is 125 Å². The van der Waals surface area contributed by atoms with Gasteiger partial charge in [0.1, 0.15) is 6.04 Å². The van der Waals surface area contributed by atoms with Gasteiger partial charge in [0.15, 0.2) is 0 Å². The second-order valence-electron chi connectivity index (χ2n) is 5.44. The third kappa shape index (κ3) is 3.42. The Morgan fingerprint density at radius 1 is 1.38 bits per heavy atom. The highest BCUT2D eigenvalue weighted by atomic mass is 16.4. The number of fused-ring (bicyclic) bond motifs is 1. The molecular weight excluding hydrogens is 268 g/mol. The molecule has 0 saturated heterocycles. The average molecular weight is 290 g/mol. The van der Waals surface area contributed by atoms with E-state index in [4.69, 9.17) is 0 Å². The minimum absolute atomic E-state index is 0.0673. The van der Waals surface area contributed by atoms with Crippen LogP contribution in [0.4, 0.5) is 5.69 Å². The fourth-order valence-electron chi connectivity index (χ4n) is 2.74. The van der Waals surface area contributed by atoms with Gasteiger partial charge >= 0.3 is 5.97 Å². The first-order chi connectivity index (χ1) is 10.0. The van der Waals surface area contributed by atoms with Gasteiger partial charge in [-0.25, -0.2) is 0 Å². The minimum Gasteiger partial charge on any atom is -0.480 e. The largest absolute Gasteiger partial charge is 0.480 e. The Morgan fingerprint density at radius 2 is 2.10 bits per heavy atom. The molecule has 0 aliphatic carbocycles. The van der Waals surface area contributed by atoms with Crippen molar-refractivity contribution >= 4 is 17.6 Å². The van der Waals surface area contributed by atoms with Crippen molar-refractivity contribution in [3.05, 3.63) is 29.8 Å². The van der Waals surface area contributed by atoms with Crippen molar-refractivity contribution in [1.82, 2.24) is 5.32 Å². The van der Waals surface area contributed by atoms with E-state index in [-0.39, 0.29) is 5.91 Å². The molecule has 114 valence electrons. The first kappa shape index (κ1) is 15.5. The number of nitrogens with zero attached hydrogens (tertiary/aromatic N) is 1. The van der Waals surface area contributed by atoms with E-state index in [9.17, 15) is 14.7 Å². The number of carbonyl (C=O) groups excluding carboxylic acids is 1. The summed E-state index contributed by atoms with van der Waals surface area (Å²) in [5.74, 6) is -0.972. The number of carbonyl (C=O) groups is 2. The Balaban J connectivity index is 2.05. The normalized spacial score (nSPS) is 16.4. The maximum absolute atomic E-state index is 12.5. The van der Waals surface area contributed by atoms with Crippen LogP contribution in [0.3, 0.4) is 0 Å². The highest BCUT2D eigenvalue weighted by Gasteiger charge is 2.29. The fraction of sp³-hybridized carbons (Fsp3) is 0.500. The number of rotatable bonds is 6. The fourth-order valence-corrected chi connectivity index (χ4v) is 2.74. The quantitative estimate of drug-likeness (QED) is 0.838. The Bertz CT molecular complexity index is 530. The van der Waals surface area contributed by atoms with Crippen LogP contribution in [0.15, 0.2) is 24.3 Å². The zero-order valence-corrected chi connectivity index (χ0v) is 12.5. The van der Waals surface area contributed by atoms with Gasteiger partial charge in [-0.2, -0.15) is 0 Å². The summed E-state index contributed by atoms with van der Waals surface area (Å²) in [5.41, 5.74) is 2.11. The molecule has 2 rings (SSSR count). The Morgan fingerprint density at radius 3 is 2.76 bits per heavy atom. The summed E-state index contributed by atoms with van der Waals surface area (Å²) in [7, 11) is 0. The molecule has 1 amide bonds. The lowest BCUT2D eigenvalue weighted by Gasteiger charge is -2.24. The molecule has 1 aliphatic rings. The summed E-state index contributed by atoms with van der Waals surface area (Å²) in [6.07, 6.45) is 2.13. The van der Waals surface area contributed by atoms with Gasteiger partial charge in [0.05, 0.1) is 6.04 Å². The van der Waals surface area contributed by atoms with Crippen molar-refractivity contribution in [3.63, 3.8) is 0 Å². The smallest absolute Gasteiger partial charge is 0.320 e. The van der Waals surface area contributed by atoms with Gasteiger partial charge in [0.2, 0.25) is 5.91 Å². The third-order valence-corrected chi connectivity index (χ3v) is 3.85. The number of carboxylic acid groups (broad SMARTS) is 1. The summed E-state index contributed by atoms with van der Waals surface area (Å²) in [6.45, 7) is 4.32. The maximum Gasteiger partial charge on any atom is 0.320 e. The van der Waals surface area contributed by atoms with Crippen molar-refractivity contribution < 1.29 is 14.7 Å². The molecule has 1 heterocycles. The van der Waals surface area contributed by atoms with Crippen molar-refractivity contribution in [1.29, 1.82) is 0 Å². The van der Waals surface area contributed by atoms with Crippen molar-refractivity contribution in [2.24, 2.45) is 0 Å². The molecule has 2 N–H and O–H groups in total. The van der Waals surface area contributed by atoms with E-state index in [0.717, 1.165) is 18.5 Å². The lowest BCUT2D eigenvalue weighted by atomic mass is 10.1.